The maximum atomic E-state index is 13.9. The second kappa shape index (κ2) is 6.70. The van der Waals surface area contributed by atoms with E-state index < -0.39 is 17.8 Å². The Labute approximate surface area is 139 Å². The molecular formula is C18H18FN3O2. The molecule has 0 spiro atoms. The van der Waals surface area contributed by atoms with Crippen LogP contribution < -0.4 is 16.4 Å². The Morgan fingerprint density at radius 3 is 2.46 bits per heavy atom. The molecule has 0 heterocycles. The zero-order chi connectivity index (χ0) is 17.1. The Bertz CT molecular complexity index is 760. The maximum absolute atomic E-state index is 13.9. The second-order valence-electron chi connectivity index (χ2n) is 5.85. The highest BCUT2D eigenvalue weighted by molar-refractivity contribution is 5.94. The van der Waals surface area contributed by atoms with E-state index in [0.29, 0.717) is 11.3 Å². The molecule has 2 aromatic rings. The predicted molar refractivity (Wildman–Crippen MR) is 89.8 cm³/mol. The molecule has 5 nitrogen and oxygen atoms in total. The number of hydrogen-bond acceptors (Lipinski definition) is 3. The number of primary amides is 1. The molecule has 6 heteroatoms. The van der Waals surface area contributed by atoms with E-state index in [2.05, 4.69) is 10.6 Å². The molecule has 1 aliphatic rings. The van der Waals surface area contributed by atoms with Crippen molar-refractivity contribution in [3.05, 3.63) is 59.9 Å². The lowest BCUT2D eigenvalue weighted by Gasteiger charge is -2.18. The number of hydrogen-bond donors (Lipinski definition) is 3. The third kappa shape index (κ3) is 3.71. The van der Waals surface area contributed by atoms with E-state index in [9.17, 15) is 14.0 Å². The van der Waals surface area contributed by atoms with E-state index in [1.54, 1.807) is 24.3 Å². The lowest BCUT2D eigenvalue weighted by molar-refractivity contribution is -0.119. The molecule has 0 saturated heterocycles. The van der Waals surface area contributed by atoms with Gasteiger partial charge in [0.15, 0.2) is 0 Å². The molecule has 1 aliphatic carbocycles. The zero-order valence-electron chi connectivity index (χ0n) is 13.0. The maximum Gasteiger partial charge on any atom is 0.244 e. The summed E-state index contributed by atoms with van der Waals surface area (Å²) in [5.41, 5.74) is 6.76. The fourth-order valence-electron chi connectivity index (χ4n) is 2.42. The van der Waals surface area contributed by atoms with Gasteiger partial charge in [0.25, 0.3) is 0 Å². The van der Waals surface area contributed by atoms with Crippen molar-refractivity contribution in [2.45, 2.75) is 18.9 Å². The van der Waals surface area contributed by atoms with E-state index in [1.165, 1.54) is 18.2 Å². The van der Waals surface area contributed by atoms with Crippen molar-refractivity contribution >= 4 is 23.2 Å². The van der Waals surface area contributed by atoms with Crippen molar-refractivity contribution in [3.63, 3.8) is 0 Å². The van der Waals surface area contributed by atoms with Gasteiger partial charge in [-0.1, -0.05) is 30.3 Å². The monoisotopic (exact) mass is 327 g/mol. The number of carbonyl (C=O) groups is 2. The zero-order valence-corrected chi connectivity index (χ0v) is 13.0. The number of nitrogens with two attached hydrogens (primary N) is 1. The molecule has 0 unspecified atom stereocenters. The van der Waals surface area contributed by atoms with Crippen LogP contribution in [0.4, 0.5) is 15.8 Å². The van der Waals surface area contributed by atoms with Gasteiger partial charge in [-0.2, -0.15) is 0 Å². The van der Waals surface area contributed by atoms with Gasteiger partial charge < -0.3 is 16.4 Å². The highest BCUT2D eigenvalue weighted by Crippen LogP contribution is 2.31. The fraction of sp³-hybridized carbons (Fsp3) is 0.222. The van der Waals surface area contributed by atoms with E-state index in [0.717, 1.165) is 12.8 Å². The van der Waals surface area contributed by atoms with Gasteiger partial charge in [0.1, 0.15) is 11.9 Å². The normalized spacial score (nSPS) is 14.7. The SMILES string of the molecule is NC(=O)[C@H](Nc1ccc(F)c(NC(=O)C2CC2)c1)c1ccccc1. The quantitative estimate of drug-likeness (QED) is 0.763. The van der Waals surface area contributed by atoms with Gasteiger partial charge in [0.2, 0.25) is 11.8 Å². The number of rotatable bonds is 6. The molecule has 2 amide bonds. The van der Waals surface area contributed by atoms with Crippen LogP contribution in [0.3, 0.4) is 0 Å². The summed E-state index contributed by atoms with van der Waals surface area (Å²) in [4.78, 5) is 23.6. The van der Waals surface area contributed by atoms with Crippen LogP contribution in [0, 0.1) is 11.7 Å². The summed E-state index contributed by atoms with van der Waals surface area (Å²) in [6.07, 6.45) is 1.67. The van der Waals surface area contributed by atoms with Gasteiger partial charge in [0.05, 0.1) is 5.69 Å². The molecule has 4 N–H and O–H groups in total. The van der Waals surface area contributed by atoms with Gasteiger partial charge >= 0.3 is 0 Å². The van der Waals surface area contributed by atoms with Crippen molar-refractivity contribution in [2.75, 3.05) is 10.6 Å². The van der Waals surface area contributed by atoms with Crippen molar-refractivity contribution in [1.29, 1.82) is 0 Å². The fourth-order valence-corrected chi connectivity index (χ4v) is 2.42. The summed E-state index contributed by atoms with van der Waals surface area (Å²) in [7, 11) is 0. The molecule has 0 aliphatic heterocycles. The Hall–Kier alpha value is -2.89. The van der Waals surface area contributed by atoms with E-state index in [-0.39, 0.29) is 17.5 Å². The number of halogens is 1. The molecular weight excluding hydrogens is 309 g/mol. The van der Waals surface area contributed by atoms with E-state index in [1.807, 2.05) is 6.07 Å². The number of carbonyl (C=O) groups excluding carboxylic acids is 2. The van der Waals surface area contributed by atoms with Crippen molar-refractivity contribution < 1.29 is 14.0 Å². The van der Waals surface area contributed by atoms with Crippen LogP contribution in [0.1, 0.15) is 24.4 Å². The van der Waals surface area contributed by atoms with Crippen molar-refractivity contribution in [2.24, 2.45) is 11.7 Å². The summed E-state index contributed by atoms with van der Waals surface area (Å²) in [5, 5.41) is 5.57. The average molecular weight is 327 g/mol. The first-order valence-corrected chi connectivity index (χ1v) is 7.76. The Balaban J connectivity index is 1.80. The van der Waals surface area contributed by atoms with Gasteiger partial charge in [0, 0.05) is 11.6 Å². The number of anilines is 2. The second-order valence-corrected chi connectivity index (χ2v) is 5.85. The van der Waals surface area contributed by atoms with Crippen LogP contribution >= 0.6 is 0 Å². The summed E-state index contributed by atoms with van der Waals surface area (Å²) in [5.74, 6) is -1.27. The minimum atomic E-state index is -0.747. The lowest BCUT2D eigenvalue weighted by atomic mass is 10.1. The molecule has 124 valence electrons. The largest absolute Gasteiger partial charge is 0.370 e. The molecule has 0 radical (unpaired) electrons. The molecule has 1 atom stereocenters. The Morgan fingerprint density at radius 2 is 1.83 bits per heavy atom. The topological polar surface area (TPSA) is 84.2 Å². The smallest absolute Gasteiger partial charge is 0.244 e. The lowest BCUT2D eigenvalue weighted by Crippen LogP contribution is -2.27. The standard InChI is InChI=1S/C18H18FN3O2/c19-14-9-8-13(10-15(14)22-18(24)12-6-7-12)21-16(17(20)23)11-4-2-1-3-5-11/h1-5,8-10,12,16,21H,6-7H2,(H2,20,23)(H,22,24)/t16-/m1/s1. The molecule has 0 aromatic heterocycles. The molecule has 3 rings (SSSR count). The van der Waals surface area contributed by atoms with Crippen LogP contribution in [-0.4, -0.2) is 11.8 Å². The average Bonchev–Trinajstić information content (AvgIpc) is 3.41. The highest BCUT2D eigenvalue weighted by atomic mass is 19.1. The van der Waals surface area contributed by atoms with Crippen LogP contribution in [0.5, 0.6) is 0 Å². The molecule has 1 saturated carbocycles. The van der Waals surface area contributed by atoms with Crippen molar-refractivity contribution in [1.82, 2.24) is 0 Å². The Kier molecular flexibility index (Phi) is 4.46. The highest BCUT2D eigenvalue weighted by Gasteiger charge is 2.30. The van der Waals surface area contributed by atoms with Crippen LogP contribution in [0.25, 0.3) is 0 Å². The third-order valence-corrected chi connectivity index (χ3v) is 3.90. The summed E-state index contributed by atoms with van der Waals surface area (Å²) >= 11 is 0. The first kappa shape index (κ1) is 16.0. The minimum absolute atomic E-state index is 0.0243. The van der Waals surface area contributed by atoms with Crippen molar-refractivity contribution in [3.8, 4) is 0 Å². The van der Waals surface area contributed by atoms with Crippen LogP contribution in [-0.2, 0) is 9.59 Å². The van der Waals surface area contributed by atoms with Gasteiger partial charge in [-0.15, -0.1) is 0 Å². The first-order chi connectivity index (χ1) is 11.5. The van der Waals surface area contributed by atoms with Gasteiger partial charge in [-0.25, -0.2) is 4.39 Å². The van der Waals surface area contributed by atoms with Crippen LogP contribution in [0.15, 0.2) is 48.5 Å². The summed E-state index contributed by atoms with van der Waals surface area (Å²) < 4.78 is 13.9. The molecule has 24 heavy (non-hydrogen) atoms. The minimum Gasteiger partial charge on any atom is -0.370 e. The predicted octanol–water partition coefficient (Wildman–Crippen LogP) is 2.81. The van der Waals surface area contributed by atoms with Crippen LogP contribution in [0.2, 0.25) is 0 Å². The first-order valence-electron chi connectivity index (χ1n) is 7.76. The molecule has 0 bridgehead atoms. The number of amides is 2. The summed E-state index contributed by atoms with van der Waals surface area (Å²) in [6, 6.07) is 12.5. The Morgan fingerprint density at radius 1 is 1.12 bits per heavy atom. The van der Waals surface area contributed by atoms with E-state index in [4.69, 9.17) is 5.73 Å². The number of nitrogens with one attached hydrogen (secondary N) is 2. The van der Waals surface area contributed by atoms with Gasteiger partial charge in [-0.05, 0) is 36.6 Å². The summed E-state index contributed by atoms with van der Waals surface area (Å²) in [6.45, 7) is 0. The number of benzene rings is 2. The van der Waals surface area contributed by atoms with Gasteiger partial charge in [-0.3, -0.25) is 9.59 Å². The van der Waals surface area contributed by atoms with E-state index >= 15 is 0 Å². The molecule has 1 fully saturated rings. The third-order valence-electron chi connectivity index (χ3n) is 3.90. The molecule has 2 aromatic carbocycles.